The fourth-order valence-electron chi connectivity index (χ4n) is 1.64. The summed E-state index contributed by atoms with van der Waals surface area (Å²) in [6.07, 6.45) is 0.810. The lowest BCUT2D eigenvalue weighted by atomic mass is 9.91. The van der Waals surface area contributed by atoms with Gasteiger partial charge in [0, 0.05) is 27.2 Å². The Hall–Kier alpha value is -0.690. The van der Waals surface area contributed by atoms with E-state index in [1.54, 1.807) is 12.1 Å². The predicted molar refractivity (Wildman–Crippen MR) is 72.5 cm³/mol. The number of nitrogens with zero attached hydrogens (tertiary/aromatic N) is 1. The van der Waals surface area contributed by atoms with Crippen molar-refractivity contribution >= 4 is 28.3 Å². The third-order valence-corrected chi connectivity index (χ3v) is 3.46. The number of rotatable bonds is 4. The van der Waals surface area contributed by atoms with Gasteiger partial charge in [0.15, 0.2) is 0 Å². The first kappa shape index (κ1) is 13.4. The molecule has 0 aliphatic carbocycles. The van der Waals surface area contributed by atoms with E-state index in [0.29, 0.717) is 0 Å². The topological polar surface area (TPSA) is 69.2 Å². The van der Waals surface area contributed by atoms with Crippen LogP contribution in [0.25, 0.3) is 0 Å². The Labute approximate surface area is 109 Å². The monoisotopic (exact) mass is 334 g/mol. The van der Waals surface area contributed by atoms with Gasteiger partial charge in [0.1, 0.15) is 0 Å². The van der Waals surface area contributed by atoms with Crippen molar-refractivity contribution in [2.24, 2.45) is 5.73 Å². The number of nitro benzene ring substituents is 1. The molecule has 1 aromatic rings. The summed E-state index contributed by atoms with van der Waals surface area (Å²) in [7, 11) is 0. The minimum Gasteiger partial charge on any atom is -0.327 e. The van der Waals surface area contributed by atoms with E-state index in [1.165, 1.54) is 0 Å². The van der Waals surface area contributed by atoms with Crippen LogP contribution in [0.15, 0.2) is 18.2 Å². The predicted octanol–water partition coefficient (Wildman–Crippen LogP) is 3.04. The standard InChI is InChI=1S/C11H15IN2O2/c1-3-10(13)7(2)9-5-4-8(12)6-11(9)14(15)16/h4-7,10H,3,13H2,1-2H3. The molecule has 2 unspecified atom stereocenters. The molecule has 16 heavy (non-hydrogen) atoms. The van der Waals surface area contributed by atoms with Crippen LogP contribution in [0.1, 0.15) is 31.7 Å². The zero-order valence-corrected chi connectivity index (χ0v) is 11.5. The Bertz CT molecular complexity index is 396. The number of halogens is 1. The van der Waals surface area contributed by atoms with E-state index in [4.69, 9.17) is 5.73 Å². The molecule has 1 aromatic carbocycles. The fraction of sp³-hybridized carbons (Fsp3) is 0.455. The highest BCUT2D eigenvalue weighted by atomic mass is 127. The lowest BCUT2D eigenvalue weighted by Gasteiger charge is -2.18. The molecule has 0 heterocycles. The molecule has 88 valence electrons. The van der Waals surface area contributed by atoms with Crippen LogP contribution in [-0.4, -0.2) is 11.0 Å². The average Bonchev–Trinajstić information content (AvgIpc) is 2.26. The van der Waals surface area contributed by atoms with Crippen LogP contribution < -0.4 is 5.73 Å². The van der Waals surface area contributed by atoms with Gasteiger partial charge in [-0.1, -0.05) is 19.9 Å². The molecule has 0 fully saturated rings. The normalized spacial score (nSPS) is 14.5. The first-order valence-corrected chi connectivity index (χ1v) is 6.24. The molecular weight excluding hydrogens is 319 g/mol. The van der Waals surface area contributed by atoms with Crippen LogP contribution in [0.4, 0.5) is 5.69 Å². The van der Waals surface area contributed by atoms with Gasteiger partial charge < -0.3 is 5.73 Å². The van der Waals surface area contributed by atoms with Crippen LogP contribution in [0, 0.1) is 13.7 Å². The van der Waals surface area contributed by atoms with Crippen molar-refractivity contribution < 1.29 is 4.92 Å². The summed E-state index contributed by atoms with van der Waals surface area (Å²) in [6, 6.07) is 5.23. The first-order chi connectivity index (χ1) is 7.47. The van der Waals surface area contributed by atoms with Crippen molar-refractivity contribution in [3.05, 3.63) is 37.4 Å². The van der Waals surface area contributed by atoms with Crippen molar-refractivity contribution in [1.82, 2.24) is 0 Å². The second-order valence-corrected chi connectivity index (χ2v) is 5.07. The summed E-state index contributed by atoms with van der Waals surface area (Å²) in [5, 5.41) is 11.0. The molecule has 2 N–H and O–H groups in total. The van der Waals surface area contributed by atoms with Gasteiger partial charge in [0.2, 0.25) is 0 Å². The quantitative estimate of drug-likeness (QED) is 0.523. The van der Waals surface area contributed by atoms with Crippen LogP contribution in [0.2, 0.25) is 0 Å². The molecule has 0 saturated heterocycles. The first-order valence-electron chi connectivity index (χ1n) is 5.16. The van der Waals surface area contributed by atoms with Crippen LogP contribution >= 0.6 is 22.6 Å². The number of nitro groups is 1. The summed E-state index contributed by atoms with van der Waals surface area (Å²) in [5.41, 5.74) is 6.82. The van der Waals surface area contributed by atoms with Gasteiger partial charge in [0.05, 0.1) is 4.92 Å². The van der Waals surface area contributed by atoms with E-state index in [9.17, 15) is 10.1 Å². The number of benzene rings is 1. The number of nitrogens with two attached hydrogens (primary N) is 1. The molecule has 1 rings (SSSR count). The van der Waals surface area contributed by atoms with Crippen molar-refractivity contribution in [2.45, 2.75) is 32.2 Å². The Kier molecular flexibility index (Phi) is 4.67. The summed E-state index contributed by atoms with van der Waals surface area (Å²) in [4.78, 5) is 10.6. The van der Waals surface area contributed by atoms with E-state index in [1.807, 2.05) is 19.9 Å². The van der Waals surface area contributed by atoms with Crippen LogP contribution in [-0.2, 0) is 0 Å². The molecule has 0 radical (unpaired) electrons. The molecule has 0 aromatic heterocycles. The number of hydrogen-bond donors (Lipinski definition) is 1. The van der Waals surface area contributed by atoms with Crippen LogP contribution in [0.5, 0.6) is 0 Å². The van der Waals surface area contributed by atoms with E-state index < -0.39 is 0 Å². The molecule has 0 aliphatic heterocycles. The molecule has 0 saturated carbocycles. The van der Waals surface area contributed by atoms with Crippen molar-refractivity contribution in [3.8, 4) is 0 Å². The maximum Gasteiger partial charge on any atom is 0.273 e. The molecule has 0 aliphatic rings. The van der Waals surface area contributed by atoms with Crippen molar-refractivity contribution in [1.29, 1.82) is 0 Å². The molecular formula is C11H15IN2O2. The SMILES string of the molecule is CCC(N)C(C)c1ccc(I)cc1[N+](=O)[O-]. The Morgan fingerprint density at radius 2 is 2.19 bits per heavy atom. The summed E-state index contributed by atoms with van der Waals surface area (Å²) in [5.74, 6) is 0.00222. The van der Waals surface area contributed by atoms with Gasteiger partial charge in [-0.15, -0.1) is 0 Å². The van der Waals surface area contributed by atoms with Crippen molar-refractivity contribution in [2.75, 3.05) is 0 Å². The van der Waals surface area contributed by atoms with Crippen LogP contribution in [0.3, 0.4) is 0 Å². The minimum absolute atomic E-state index is 0.00222. The third-order valence-electron chi connectivity index (χ3n) is 2.79. The van der Waals surface area contributed by atoms with E-state index in [0.717, 1.165) is 15.6 Å². The molecule has 5 heteroatoms. The van der Waals surface area contributed by atoms with Crippen molar-refractivity contribution in [3.63, 3.8) is 0 Å². The molecule has 2 atom stereocenters. The molecule has 4 nitrogen and oxygen atoms in total. The van der Waals surface area contributed by atoms with Gasteiger partial charge >= 0.3 is 0 Å². The van der Waals surface area contributed by atoms with Gasteiger partial charge in [-0.3, -0.25) is 10.1 Å². The van der Waals surface area contributed by atoms with Gasteiger partial charge in [-0.05, 0) is 35.1 Å². The second-order valence-electron chi connectivity index (χ2n) is 3.82. The summed E-state index contributed by atoms with van der Waals surface area (Å²) in [6.45, 7) is 3.92. The lowest BCUT2D eigenvalue weighted by molar-refractivity contribution is -0.385. The van der Waals surface area contributed by atoms with E-state index >= 15 is 0 Å². The molecule has 0 amide bonds. The molecule has 0 spiro atoms. The van der Waals surface area contributed by atoms with E-state index in [-0.39, 0.29) is 22.6 Å². The summed E-state index contributed by atoms with van der Waals surface area (Å²) >= 11 is 2.07. The average molecular weight is 334 g/mol. The zero-order valence-electron chi connectivity index (χ0n) is 9.31. The second kappa shape index (κ2) is 5.58. The Morgan fingerprint density at radius 3 is 2.69 bits per heavy atom. The van der Waals surface area contributed by atoms with Gasteiger partial charge in [-0.2, -0.15) is 0 Å². The fourth-order valence-corrected chi connectivity index (χ4v) is 2.12. The largest absolute Gasteiger partial charge is 0.327 e. The molecule has 0 bridgehead atoms. The maximum atomic E-state index is 11.0. The van der Waals surface area contributed by atoms with Gasteiger partial charge in [0.25, 0.3) is 5.69 Å². The highest BCUT2D eigenvalue weighted by Crippen LogP contribution is 2.30. The highest BCUT2D eigenvalue weighted by Gasteiger charge is 2.22. The highest BCUT2D eigenvalue weighted by molar-refractivity contribution is 14.1. The maximum absolute atomic E-state index is 11.0. The zero-order chi connectivity index (χ0) is 12.3. The third kappa shape index (κ3) is 2.91. The lowest BCUT2D eigenvalue weighted by Crippen LogP contribution is -2.26. The van der Waals surface area contributed by atoms with E-state index in [2.05, 4.69) is 22.6 Å². The number of hydrogen-bond acceptors (Lipinski definition) is 3. The summed E-state index contributed by atoms with van der Waals surface area (Å²) < 4.78 is 0.866. The smallest absolute Gasteiger partial charge is 0.273 e. The minimum atomic E-state index is -0.337. The van der Waals surface area contributed by atoms with Gasteiger partial charge in [-0.25, -0.2) is 0 Å². The Balaban J connectivity index is 3.17. The Morgan fingerprint density at radius 1 is 1.56 bits per heavy atom.